The molecular formula is C18H18N4O3S2. The molecular weight excluding hydrogens is 384 g/mol. The van der Waals surface area contributed by atoms with Gasteiger partial charge in [-0.15, -0.1) is 11.3 Å². The van der Waals surface area contributed by atoms with Crippen LogP contribution in [0.25, 0.3) is 0 Å². The van der Waals surface area contributed by atoms with Crippen molar-refractivity contribution in [3.05, 3.63) is 63.5 Å². The third-order valence-corrected chi connectivity index (χ3v) is 7.33. The van der Waals surface area contributed by atoms with E-state index in [1.54, 1.807) is 25.1 Å². The highest BCUT2D eigenvalue weighted by Gasteiger charge is 2.35. The Labute approximate surface area is 161 Å². The molecule has 4 rings (SSSR count). The van der Waals surface area contributed by atoms with Gasteiger partial charge in [-0.1, -0.05) is 24.3 Å². The second kappa shape index (κ2) is 6.91. The molecule has 1 aliphatic heterocycles. The Kier molecular flexibility index (Phi) is 4.58. The first-order valence-corrected chi connectivity index (χ1v) is 10.7. The van der Waals surface area contributed by atoms with Crippen molar-refractivity contribution >= 4 is 33.1 Å². The minimum Gasteiger partial charge on any atom is -0.310 e. The fourth-order valence-electron chi connectivity index (χ4n) is 3.12. The van der Waals surface area contributed by atoms with Gasteiger partial charge in [-0.3, -0.25) is 9.89 Å². The number of carbonyl (C=O) groups is 1. The topological polar surface area (TPSA) is 95.2 Å². The Morgan fingerprint density at radius 2 is 2.07 bits per heavy atom. The number of aromatic amines is 1. The number of hydrogen-bond acceptors (Lipinski definition) is 5. The highest BCUT2D eigenvalue weighted by Crippen LogP contribution is 2.32. The average Bonchev–Trinajstić information content (AvgIpc) is 3.34. The number of H-pyrrole nitrogens is 1. The van der Waals surface area contributed by atoms with Crippen LogP contribution in [0.3, 0.4) is 0 Å². The van der Waals surface area contributed by atoms with E-state index in [9.17, 15) is 13.2 Å². The maximum atomic E-state index is 13.0. The first-order valence-electron chi connectivity index (χ1n) is 8.39. The van der Waals surface area contributed by atoms with Crippen molar-refractivity contribution in [3.8, 4) is 0 Å². The molecule has 0 saturated carbocycles. The summed E-state index contributed by atoms with van der Waals surface area (Å²) in [7, 11) is -3.62. The normalized spacial score (nSPS) is 14.3. The average molecular weight is 403 g/mol. The van der Waals surface area contributed by atoms with Gasteiger partial charge in [-0.25, -0.2) is 8.42 Å². The molecule has 140 valence electrons. The van der Waals surface area contributed by atoms with Gasteiger partial charge in [-0.05, 0) is 30.0 Å². The van der Waals surface area contributed by atoms with Crippen LogP contribution in [-0.4, -0.2) is 28.8 Å². The molecule has 1 amide bonds. The van der Waals surface area contributed by atoms with E-state index < -0.39 is 10.0 Å². The molecule has 0 unspecified atom stereocenters. The summed E-state index contributed by atoms with van der Waals surface area (Å²) in [4.78, 5) is 13.5. The summed E-state index contributed by atoms with van der Waals surface area (Å²) in [5, 5.41) is 11.7. The van der Waals surface area contributed by atoms with Crippen molar-refractivity contribution < 1.29 is 13.2 Å². The number of anilines is 1. The zero-order valence-corrected chi connectivity index (χ0v) is 16.2. The van der Waals surface area contributed by atoms with Crippen molar-refractivity contribution in [2.45, 2.75) is 31.3 Å². The van der Waals surface area contributed by atoms with Gasteiger partial charge in [0.2, 0.25) is 15.9 Å². The lowest BCUT2D eigenvalue weighted by Gasteiger charge is -2.17. The Morgan fingerprint density at radius 3 is 2.81 bits per heavy atom. The number of aryl methyl sites for hydroxylation is 1. The van der Waals surface area contributed by atoms with E-state index in [0.29, 0.717) is 27.5 Å². The number of hydrogen-bond donors (Lipinski definition) is 2. The van der Waals surface area contributed by atoms with Crippen molar-refractivity contribution in [2.75, 3.05) is 5.32 Å². The maximum absolute atomic E-state index is 13.0. The molecule has 2 aromatic heterocycles. The maximum Gasteiger partial charge on any atom is 0.244 e. The molecule has 3 heterocycles. The van der Waals surface area contributed by atoms with Crippen LogP contribution in [0.2, 0.25) is 0 Å². The molecule has 0 fully saturated rings. The Morgan fingerprint density at radius 1 is 1.26 bits per heavy atom. The quantitative estimate of drug-likeness (QED) is 0.686. The molecule has 7 nitrogen and oxygen atoms in total. The van der Waals surface area contributed by atoms with Crippen LogP contribution in [0, 0.1) is 6.92 Å². The monoisotopic (exact) mass is 402 g/mol. The summed E-state index contributed by atoms with van der Waals surface area (Å²) in [6, 6.07) is 10.7. The van der Waals surface area contributed by atoms with Gasteiger partial charge in [0.15, 0.2) is 0 Å². The second-order valence-electron chi connectivity index (χ2n) is 6.37. The van der Waals surface area contributed by atoms with Crippen LogP contribution in [0.1, 0.15) is 21.7 Å². The number of carbonyl (C=O) groups excluding carboxylic acids is 1. The van der Waals surface area contributed by atoms with Crippen LogP contribution < -0.4 is 5.32 Å². The molecule has 1 aromatic carbocycles. The molecule has 2 N–H and O–H groups in total. The molecule has 0 aliphatic carbocycles. The fraction of sp³-hybridized carbons (Fsp3) is 0.222. The second-order valence-corrected chi connectivity index (χ2v) is 9.31. The number of nitrogens with one attached hydrogen (secondary N) is 2. The van der Waals surface area contributed by atoms with Gasteiger partial charge in [0.05, 0.1) is 23.6 Å². The van der Waals surface area contributed by atoms with Gasteiger partial charge in [0.1, 0.15) is 5.82 Å². The number of rotatable bonds is 5. The van der Waals surface area contributed by atoms with E-state index in [2.05, 4.69) is 15.5 Å². The number of amides is 1. The predicted octanol–water partition coefficient (Wildman–Crippen LogP) is 2.67. The molecule has 9 heteroatoms. The molecule has 0 atom stereocenters. The molecule has 1 aliphatic rings. The van der Waals surface area contributed by atoms with Crippen molar-refractivity contribution in [2.24, 2.45) is 0 Å². The minimum absolute atomic E-state index is 0.163. The van der Waals surface area contributed by atoms with E-state index in [0.717, 1.165) is 4.88 Å². The van der Waals surface area contributed by atoms with E-state index in [1.807, 2.05) is 23.6 Å². The van der Waals surface area contributed by atoms with Crippen LogP contribution in [-0.2, 0) is 34.3 Å². The summed E-state index contributed by atoms with van der Waals surface area (Å²) in [5.74, 6) is 0.304. The van der Waals surface area contributed by atoms with Gasteiger partial charge < -0.3 is 5.32 Å². The summed E-state index contributed by atoms with van der Waals surface area (Å²) in [6.07, 6.45) is 0.274. The summed E-state index contributed by atoms with van der Waals surface area (Å²) >= 11 is 1.52. The third-order valence-electron chi connectivity index (χ3n) is 4.50. The number of thiophene rings is 1. The van der Waals surface area contributed by atoms with Crippen molar-refractivity contribution in [1.82, 2.24) is 14.5 Å². The van der Waals surface area contributed by atoms with Gasteiger partial charge in [0.25, 0.3) is 0 Å². The van der Waals surface area contributed by atoms with Gasteiger partial charge in [-0.2, -0.15) is 9.40 Å². The highest BCUT2D eigenvalue weighted by molar-refractivity contribution is 7.89. The first-order chi connectivity index (χ1) is 12.9. The number of aromatic nitrogens is 2. The Hall–Kier alpha value is -2.49. The summed E-state index contributed by atoms with van der Waals surface area (Å²) in [5.41, 5.74) is 2.05. The lowest BCUT2D eigenvalue weighted by atomic mass is 10.2. The number of fused-ring (bicyclic) bond motifs is 1. The van der Waals surface area contributed by atoms with Crippen molar-refractivity contribution in [1.29, 1.82) is 0 Å². The minimum atomic E-state index is -3.62. The van der Waals surface area contributed by atoms with Crippen LogP contribution in [0.4, 0.5) is 5.82 Å². The highest BCUT2D eigenvalue weighted by atomic mass is 32.2. The molecule has 0 bridgehead atoms. The van der Waals surface area contributed by atoms with E-state index in [1.165, 1.54) is 15.6 Å². The fourth-order valence-corrected chi connectivity index (χ4v) is 5.41. The molecule has 0 saturated heterocycles. The Bertz CT molecular complexity index is 1090. The molecule has 0 radical (unpaired) electrons. The van der Waals surface area contributed by atoms with Gasteiger partial charge >= 0.3 is 0 Å². The van der Waals surface area contributed by atoms with E-state index >= 15 is 0 Å². The smallest absolute Gasteiger partial charge is 0.244 e. The summed E-state index contributed by atoms with van der Waals surface area (Å²) < 4.78 is 27.3. The van der Waals surface area contributed by atoms with Crippen LogP contribution >= 0.6 is 11.3 Å². The lowest BCUT2D eigenvalue weighted by Crippen LogP contribution is -2.27. The number of nitrogens with zero attached hydrogens (tertiary/aromatic N) is 2. The Balaban J connectivity index is 1.51. The SMILES string of the molecule is Cc1ccccc1S(=O)(=O)N1Cc2n[nH]c(NC(=O)Cc3cccs3)c2C1. The number of benzene rings is 1. The standard InChI is InChI=1S/C18H18N4O3S2/c1-12-5-2-3-7-16(12)27(24,25)22-10-14-15(11-22)20-21-18(14)19-17(23)9-13-6-4-8-26-13/h2-8H,9-11H2,1H3,(H2,19,20,21,23). The zero-order chi connectivity index (χ0) is 19.0. The van der Waals surface area contributed by atoms with Crippen LogP contribution in [0.15, 0.2) is 46.7 Å². The zero-order valence-electron chi connectivity index (χ0n) is 14.6. The van der Waals surface area contributed by atoms with E-state index in [-0.39, 0.29) is 25.4 Å². The van der Waals surface area contributed by atoms with Crippen molar-refractivity contribution in [3.63, 3.8) is 0 Å². The van der Waals surface area contributed by atoms with E-state index in [4.69, 9.17) is 0 Å². The lowest BCUT2D eigenvalue weighted by molar-refractivity contribution is -0.115. The number of sulfonamides is 1. The van der Waals surface area contributed by atoms with Gasteiger partial charge in [0, 0.05) is 17.0 Å². The third kappa shape index (κ3) is 3.41. The first kappa shape index (κ1) is 17.9. The molecule has 3 aromatic rings. The summed E-state index contributed by atoms with van der Waals surface area (Å²) in [6.45, 7) is 2.14. The largest absolute Gasteiger partial charge is 0.310 e. The molecule has 27 heavy (non-hydrogen) atoms. The molecule has 0 spiro atoms. The predicted molar refractivity (Wildman–Crippen MR) is 103 cm³/mol. The van der Waals surface area contributed by atoms with Crippen LogP contribution in [0.5, 0.6) is 0 Å².